The lowest BCUT2D eigenvalue weighted by atomic mass is 10.1. The molecule has 1 aromatic carbocycles. The van der Waals surface area contributed by atoms with Gasteiger partial charge in [0.25, 0.3) is 0 Å². The van der Waals surface area contributed by atoms with E-state index in [1.165, 1.54) is 17.8 Å². The molecule has 2 N–H and O–H groups in total. The van der Waals surface area contributed by atoms with E-state index >= 15 is 0 Å². The van der Waals surface area contributed by atoms with Crippen molar-refractivity contribution in [2.45, 2.75) is 18.2 Å². The Morgan fingerprint density at radius 2 is 1.92 bits per heavy atom. The van der Waals surface area contributed by atoms with E-state index in [2.05, 4.69) is 41.2 Å². The highest BCUT2D eigenvalue weighted by molar-refractivity contribution is 9.10. The monoisotopic (exact) mass is 565 g/mol. The molecule has 3 aromatic heterocycles. The average molecular weight is 566 g/mol. The molecule has 0 spiro atoms. The molecule has 0 saturated heterocycles. The highest BCUT2D eigenvalue weighted by atomic mass is 79.9. The van der Waals surface area contributed by atoms with E-state index in [-0.39, 0.29) is 22.6 Å². The molecule has 4 aromatic rings. The van der Waals surface area contributed by atoms with Crippen LogP contribution in [0.5, 0.6) is 11.5 Å². The molecule has 0 radical (unpaired) electrons. The quantitative estimate of drug-likeness (QED) is 0.285. The molecule has 11 heteroatoms. The third-order valence-electron chi connectivity index (χ3n) is 5.18. The number of hydrogen-bond acceptors (Lipinski definition) is 9. The Morgan fingerprint density at radius 1 is 1.11 bits per heavy atom. The summed E-state index contributed by atoms with van der Waals surface area (Å²) in [6.45, 7) is 0.520. The number of allylic oxidation sites excluding steroid dienone is 1. The number of ketones is 1. The van der Waals surface area contributed by atoms with Crippen LogP contribution in [0.1, 0.15) is 27.0 Å². The van der Waals surface area contributed by atoms with Gasteiger partial charge in [-0.05, 0) is 57.4 Å². The molecule has 0 unspecified atom stereocenters. The summed E-state index contributed by atoms with van der Waals surface area (Å²) in [5.74, 6) is -1.37. The van der Waals surface area contributed by atoms with Gasteiger partial charge in [0.05, 0.1) is 14.9 Å². The van der Waals surface area contributed by atoms with E-state index in [9.17, 15) is 14.3 Å². The predicted octanol–water partition coefficient (Wildman–Crippen LogP) is 5.39. The molecule has 0 atom stereocenters. The maximum Gasteiger partial charge on any atom is 0.222 e. The number of Topliss-reactive ketones (excluding diaryl/α,β-unsaturated/α-hetero) is 1. The summed E-state index contributed by atoms with van der Waals surface area (Å²) >= 11 is 4.37. The summed E-state index contributed by atoms with van der Waals surface area (Å²) in [6, 6.07) is 8.63. The number of phenolic OH excluding ortho intramolecular Hbond substituents is 1. The number of thioether (sulfide) groups is 1. The molecule has 0 saturated carbocycles. The standard InChI is InChI=1S/C25H17BrFN5O3S/c26-20-16(8-19-22(33)17-4-2-6-29-24(17)36-19)7-18(23(34)21(20)27)35-13-15-11-31-25(32-12-15)30-10-14-3-1-5-28-9-14/h1-9,11-12,34H,10,13H2,(H,30,31,32)/b19-8-. The Bertz CT molecular complexity index is 1470. The fourth-order valence-electron chi connectivity index (χ4n) is 3.36. The van der Waals surface area contributed by atoms with Crippen LogP contribution >= 0.6 is 27.7 Å². The van der Waals surface area contributed by atoms with Gasteiger partial charge in [-0.3, -0.25) is 9.78 Å². The number of anilines is 1. The van der Waals surface area contributed by atoms with Crippen LogP contribution in [0, 0.1) is 5.82 Å². The number of aromatic hydroxyl groups is 1. The van der Waals surface area contributed by atoms with E-state index in [0.717, 1.165) is 5.56 Å². The summed E-state index contributed by atoms with van der Waals surface area (Å²) < 4.78 is 20.4. The van der Waals surface area contributed by atoms with Crippen LogP contribution in [0.2, 0.25) is 0 Å². The van der Waals surface area contributed by atoms with Crippen LogP contribution in [0.4, 0.5) is 10.3 Å². The van der Waals surface area contributed by atoms with Crippen LogP contribution in [0.15, 0.2) is 75.7 Å². The van der Waals surface area contributed by atoms with E-state index in [1.807, 2.05) is 12.1 Å². The molecule has 1 aliphatic rings. The molecular weight excluding hydrogens is 549 g/mol. The van der Waals surface area contributed by atoms with E-state index in [4.69, 9.17) is 4.74 Å². The number of halogens is 2. The number of fused-ring (bicyclic) bond motifs is 1. The first-order chi connectivity index (χ1) is 17.5. The van der Waals surface area contributed by atoms with Crippen molar-refractivity contribution in [3.05, 3.63) is 98.8 Å². The van der Waals surface area contributed by atoms with E-state index in [0.29, 0.717) is 39.1 Å². The number of hydrogen-bond donors (Lipinski definition) is 2. The molecule has 1 aliphatic heterocycles. The fourth-order valence-corrected chi connectivity index (χ4v) is 4.75. The van der Waals surface area contributed by atoms with Gasteiger partial charge < -0.3 is 15.2 Å². The largest absolute Gasteiger partial charge is 0.502 e. The number of phenols is 1. The first-order valence-corrected chi connectivity index (χ1v) is 12.3. The molecule has 0 amide bonds. The highest BCUT2D eigenvalue weighted by Crippen LogP contribution is 2.42. The lowest BCUT2D eigenvalue weighted by Gasteiger charge is -2.12. The maximum atomic E-state index is 14.7. The summed E-state index contributed by atoms with van der Waals surface area (Å²) in [7, 11) is 0. The fraction of sp³-hybridized carbons (Fsp3) is 0.0800. The molecule has 36 heavy (non-hydrogen) atoms. The zero-order chi connectivity index (χ0) is 25.1. The molecule has 8 nitrogen and oxygen atoms in total. The third kappa shape index (κ3) is 5.07. The number of nitrogens with zero attached hydrogens (tertiary/aromatic N) is 4. The van der Waals surface area contributed by atoms with Gasteiger partial charge in [-0.2, -0.15) is 0 Å². The minimum absolute atomic E-state index is 0.00340. The van der Waals surface area contributed by atoms with Gasteiger partial charge in [-0.15, -0.1) is 0 Å². The van der Waals surface area contributed by atoms with Gasteiger partial charge in [-0.25, -0.2) is 19.3 Å². The molecule has 180 valence electrons. The summed E-state index contributed by atoms with van der Waals surface area (Å²) in [6.07, 6.45) is 9.75. The SMILES string of the molecule is O=C1/C(=C/c2cc(OCc3cnc(NCc4cccnc4)nc3)c(O)c(F)c2Br)Sc2ncccc21. The van der Waals surface area contributed by atoms with Crippen molar-refractivity contribution in [1.82, 2.24) is 19.9 Å². The van der Waals surface area contributed by atoms with Gasteiger partial charge in [-0.1, -0.05) is 17.8 Å². The molecule has 0 bridgehead atoms. The second-order valence-corrected chi connectivity index (χ2v) is 9.48. The minimum Gasteiger partial charge on any atom is -0.502 e. The zero-order valence-corrected chi connectivity index (χ0v) is 20.9. The lowest BCUT2D eigenvalue weighted by Crippen LogP contribution is -2.05. The van der Waals surface area contributed by atoms with E-state index in [1.54, 1.807) is 49.2 Å². The van der Waals surface area contributed by atoms with Crippen molar-refractivity contribution in [2.75, 3.05) is 5.32 Å². The minimum atomic E-state index is -0.892. The predicted molar refractivity (Wildman–Crippen MR) is 136 cm³/mol. The molecule has 4 heterocycles. The second-order valence-electron chi connectivity index (χ2n) is 7.65. The van der Waals surface area contributed by atoms with Crippen LogP contribution < -0.4 is 10.1 Å². The van der Waals surface area contributed by atoms with Crippen LogP contribution in [0.3, 0.4) is 0 Å². The van der Waals surface area contributed by atoms with Crippen molar-refractivity contribution in [2.24, 2.45) is 0 Å². The summed E-state index contributed by atoms with van der Waals surface area (Å²) in [5.41, 5.74) is 2.45. The first kappa shape index (κ1) is 23.9. The lowest BCUT2D eigenvalue weighted by molar-refractivity contribution is 0.104. The van der Waals surface area contributed by atoms with Crippen molar-refractivity contribution in [1.29, 1.82) is 0 Å². The second kappa shape index (κ2) is 10.4. The van der Waals surface area contributed by atoms with Crippen LogP contribution in [-0.2, 0) is 13.2 Å². The van der Waals surface area contributed by atoms with Gasteiger partial charge in [0.15, 0.2) is 17.3 Å². The van der Waals surface area contributed by atoms with Gasteiger partial charge in [0.2, 0.25) is 11.7 Å². The van der Waals surface area contributed by atoms with Crippen LogP contribution in [0.25, 0.3) is 6.08 Å². The normalized spacial score (nSPS) is 13.6. The summed E-state index contributed by atoms with van der Waals surface area (Å²) in [4.78, 5) is 29.8. The zero-order valence-electron chi connectivity index (χ0n) is 18.5. The highest BCUT2D eigenvalue weighted by Gasteiger charge is 2.27. The van der Waals surface area contributed by atoms with Crippen molar-refractivity contribution in [3.8, 4) is 11.5 Å². The van der Waals surface area contributed by atoms with E-state index < -0.39 is 11.6 Å². The number of pyridine rings is 2. The average Bonchev–Trinajstić information content (AvgIpc) is 3.23. The van der Waals surface area contributed by atoms with Gasteiger partial charge >= 0.3 is 0 Å². The number of nitrogens with one attached hydrogen (secondary N) is 1. The first-order valence-electron chi connectivity index (χ1n) is 10.7. The number of benzene rings is 1. The Kier molecular flexibility index (Phi) is 6.92. The van der Waals surface area contributed by atoms with Gasteiger partial charge in [0, 0.05) is 43.1 Å². The third-order valence-corrected chi connectivity index (χ3v) is 7.03. The molecule has 5 rings (SSSR count). The number of aromatic nitrogens is 4. The number of carbonyl (C=O) groups is 1. The molecule has 0 fully saturated rings. The van der Waals surface area contributed by atoms with Gasteiger partial charge in [0.1, 0.15) is 11.6 Å². The number of ether oxygens (including phenoxy) is 1. The Balaban J connectivity index is 1.29. The topological polar surface area (TPSA) is 110 Å². The van der Waals surface area contributed by atoms with Crippen molar-refractivity contribution in [3.63, 3.8) is 0 Å². The van der Waals surface area contributed by atoms with Crippen LogP contribution in [-0.4, -0.2) is 30.8 Å². The molecule has 0 aliphatic carbocycles. The van der Waals surface area contributed by atoms with Crippen molar-refractivity contribution < 1.29 is 19.0 Å². The maximum absolute atomic E-state index is 14.7. The Morgan fingerprint density at radius 3 is 2.67 bits per heavy atom. The molecular formula is C25H17BrFN5O3S. The Labute approximate surface area is 217 Å². The number of carbonyl (C=O) groups excluding carboxylic acids is 1. The van der Waals surface area contributed by atoms with Crippen molar-refractivity contribution >= 4 is 45.5 Å². The Hall–Kier alpha value is -3.83. The summed E-state index contributed by atoms with van der Waals surface area (Å²) in [5, 5.41) is 14.0. The number of rotatable bonds is 7. The smallest absolute Gasteiger partial charge is 0.222 e.